The van der Waals surface area contributed by atoms with Gasteiger partial charge in [-0.05, 0) is 31.5 Å². The maximum atomic E-state index is 11.8. The Balaban J connectivity index is 2.48. The lowest BCUT2D eigenvalue weighted by atomic mass is 10.1. The fourth-order valence-electron chi connectivity index (χ4n) is 1.90. The molecule has 0 atom stereocenters. The van der Waals surface area contributed by atoms with E-state index in [0.29, 0.717) is 17.8 Å². The number of rotatable bonds is 2. The number of nitriles is 1. The van der Waals surface area contributed by atoms with Crippen molar-refractivity contribution in [2.75, 3.05) is 0 Å². The number of aromatic nitrogens is 2. The van der Waals surface area contributed by atoms with Crippen LogP contribution in [0.5, 0.6) is 0 Å². The van der Waals surface area contributed by atoms with E-state index in [1.54, 1.807) is 17.6 Å². The molecular weight excluding hydrogens is 226 g/mol. The average molecular weight is 239 g/mol. The standard InChI is InChI=1S/C14H13N3O/c1-10-7-11(2)17(14(18)16-10)9-13-6-4-3-5-12(13)8-15/h3-7H,9H2,1-2H3. The summed E-state index contributed by atoms with van der Waals surface area (Å²) >= 11 is 0. The van der Waals surface area contributed by atoms with Crippen molar-refractivity contribution in [1.29, 1.82) is 5.26 Å². The third-order valence-electron chi connectivity index (χ3n) is 2.81. The minimum atomic E-state index is -0.278. The first-order valence-electron chi connectivity index (χ1n) is 5.65. The van der Waals surface area contributed by atoms with Gasteiger partial charge in [-0.3, -0.25) is 4.57 Å². The second kappa shape index (κ2) is 4.84. The molecule has 0 unspecified atom stereocenters. The second-order valence-electron chi connectivity index (χ2n) is 4.18. The summed E-state index contributed by atoms with van der Waals surface area (Å²) in [4.78, 5) is 15.7. The molecule has 2 aromatic rings. The quantitative estimate of drug-likeness (QED) is 0.802. The summed E-state index contributed by atoms with van der Waals surface area (Å²) in [5, 5.41) is 9.03. The number of benzene rings is 1. The van der Waals surface area contributed by atoms with Gasteiger partial charge in [-0.25, -0.2) is 4.79 Å². The van der Waals surface area contributed by atoms with Gasteiger partial charge in [0, 0.05) is 11.4 Å². The van der Waals surface area contributed by atoms with E-state index in [0.717, 1.165) is 11.3 Å². The van der Waals surface area contributed by atoms with Crippen molar-refractivity contribution in [3.05, 3.63) is 63.3 Å². The van der Waals surface area contributed by atoms with Crippen LogP contribution < -0.4 is 5.69 Å². The second-order valence-corrected chi connectivity index (χ2v) is 4.18. The zero-order valence-corrected chi connectivity index (χ0v) is 10.3. The zero-order valence-electron chi connectivity index (χ0n) is 10.3. The summed E-state index contributed by atoms with van der Waals surface area (Å²) in [6, 6.07) is 11.3. The molecule has 4 heteroatoms. The van der Waals surface area contributed by atoms with Crippen molar-refractivity contribution >= 4 is 0 Å². The summed E-state index contributed by atoms with van der Waals surface area (Å²) in [5.74, 6) is 0. The molecule has 0 saturated carbocycles. The molecule has 90 valence electrons. The van der Waals surface area contributed by atoms with Crippen LogP contribution in [0.1, 0.15) is 22.5 Å². The monoisotopic (exact) mass is 239 g/mol. The van der Waals surface area contributed by atoms with E-state index < -0.39 is 0 Å². The first kappa shape index (κ1) is 12.1. The van der Waals surface area contributed by atoms with E-state index in [4.69, 9.17) is 5.26 Å². The highest BCUT2D eigenvalue weighted by molar-refractivity contribution is 5.37. The molecule has 0 bridgehead atoms. The molecule has 1 aromatic heterocycles. The van der Waals surface area contributed by atoms with Crippen LogP contribution in [0.15, 0.2) is 35.1 Å². The first-order chi connectivity index (χ1) is 8.61. The smallest absolute Gasteiger partial charge is 0.292 e. The van der Waals surface area contributed by atoms with Crippen LogP contribution in [0.25, 0.3) is 0 Å². The molecule has 0 aliphatic carbocycles. The molecule has 0 aliphatic rings. The van der Waals surface area contributed by atoms with Gasteiger partial charge in [0.1, 0.15) is 0 Å². The van der Waals surface area contributed by atoms with E-state index in [9.17, 15) is 4.79 Å². The summed E-state index contributed by atoms with van der Waals surface area (Å²) in [6.07, 6.45) is 0. The number of hydrogen-bond donors (Lipinski definition) is 0. The van der Waals surface area contributed by atoms with Crippen molar-refractivity contribution in [3.63, 3.8) is 0 Å². The summed E-state index contributed by atoms with van der Waals surface area (Å²) in [7, 11) is 0. The van der Waals surface area contributed by atoms with Gasteiger partial charge in [0.15, 0.2) is 0 Å². The van der Waals surface area contributed by atoms with E-state index in [1.807, 2.05) is 31.2 Å². The van der Waals surface area contributed by atoms with Crippen molar-refractivity contribution in [2.24, 2.45) is 0 Å². The van der Waals surface area contributed by atoms with Crippen molar-refractivity contribution in [1.82, 2.24) is 9.55 Å². The van der Waals surface area contributed by atoms with Crippen molar-refractivity contribution < 1.29 is 0 Å². The van der Waals surface area contributed by atoms with Gasteiger partial charge in [-0.1, -0.05) is 18.2 Å². The third-order valence-corrected chi connectivity index (χ3v) is 2.81. The van der Waals surface area contributed by atoms with Crippen LogP contribution in [-0.4, -0.2) is 9.55 Å². The lowest BCUT2D eigenvalue weighted by Crippen LogP contribution is -2.26. The molecule has 2 rings (SSSR count). The van der Waals surface area contributed by atoms with Gasteiger partial charge in [0.2, 0.25) is 0 Å². The molecule has 1 aromatic carbocycles. The molecule has 0 amide bonds. The Kier molecular flexibility index (Phi) is 3.24. The predicted octanol–water partition coefficient (Wildman–Crippen LogP) is 1.78. The Morgan fingerprint density at radius 3 is 2.72 bits per heavy atom. The fraction of sp³-hybridized carbons (Fsp3) is 0.214. The first-order valence-corrected chi connectivity index (χ1v) is 5.65. The van der Waals surface area contributed by atoms with Crippen LogP contribution in [-0.2, 0) is 6.54 Å². The Bertz CT molecular complexity index is 680. The molecule has 0 aliphatic heterocycles. The highest BCUT2D eigenvalue weighted by atomic mass is 16.1. The largest absolute Gasteiger partial charge is 0.348 e. The van der Waals surface area contributed by atoms with Crippen molar-refractivity contribution in [3.8, 4) is 6.07 Å². The summed E-state index contributed by atoms with van der Waals surface area (Å²) in [5.41, 5.74) is 2.70. The molecule has 0 spiro atoms. The SMILES string of the molecule is Cc1cc(C)n(Cc2ccccc2C#N)c(=O)n1. The minimum Gasteiger partial charge on any atom is -0.292 e. The van der Waals surface area contributed by atoms with Gasteiger partial charge in [0.05, 0.1) is 18.2 Å². The Morgan fingerprint density at radius 1 is 1.33 bits per heavy atom. The topological polar surface area (TPSA) is 58.7 Å². The maximum absolute atomic E-state index is 11.8. The molecule has 18 heavy (non-hydrogen) atoms. The molecule has 0 saturated heterocycles. The summed E-state index contributed by atoms with van der Waals surface area (Å²) < 4.78 is 1.57. The molecular formula is C14H13N3O. The molecule has 0 fully saturated rings. The lowest BCUT2D eigenvalue weighted by Gasteiger charge is -2.10. The van der Waals surface area contributed by atoms with Crippen LogP contribution in [0, 0.1) is 25.2 Å². The van der Waals surface area contributed by atoms with Crippen LogP contribution in [0.3, 0.4) is 0 Å². The summed E-state index contributed by atoms with van der Waals surface area (Å²) in [6.45, 7) is 4.04. The van der Waals surface area contributed by atoms with Gasteiger partial charge < -0.3 is 0 Å². The predicted molar refractivity (Wildman–Crippen MR) is 68.2 cm³/mol. The molecule has 0 radical (unpaired) electrons. The van der Waals surface area contributed by atoms with Gasteiger partial charge >= 0.3 is 5.69 Å². The number of aryl methyl sites for hydroxylation is 2. The highest BCUT2D eigenvalue weighted by Gasteiger charge is 2.06. The van der Waals surface area contributed by atoms with Crippen LogP contribution >= 0.6 is 0 Å². The molecule has 0 N–H and O–H groups in total. The van der Waals surface area contributed by atoms with E-state index >= 15 is 0 Å². The van der Waals surface area contributed by atoms with E-state index in [1.165, 1.54) is 0 Å². The molecule has 1 heterocycles. The zero-order chi connectivity index (χ0) is 13.1. The average Bonchev–Trinajstić information content (AvgIpc) is 2.34. The molecule has 4 nitrogen and oxygen atoms in total. The lowest BCUT2D eigenvalue weighted by molar-refractivity contribution is 0.693. The van der Waals surface area contributed by atoms with E-state index in [-0.39, 0.29) is 5.69 Å². The Morgan fingerprint density at radius 2 is 2.06 bits per heavy atom. The Hall–Kier alpha value is -2.41. The number of nitrogens with zero attached hydrogens (tertiary/aromatic N) is 3. The van der Waals surface area contributed by atoms with Crippen molar-refractivity contribution in [2.45, 2.75) is 20.4 Å². The minimum absolute atomic E-state index is 0.278. The van der Waals surface area contributed by atoms with E-state index in [2.05, 4.69) is 11.1 Å². The highest BCUT2D eigenvalue weighted by Crippen LogP contribution is 2.09. The number of hydrogen-bond acceptors (Lipinski definition) is 3. The van der Waals surface area contributed by atoms with Crippen LogP contribution in [0.4, 0.5) is 0 Å². The van der Waals surface area contributed by atoms with Gasteiger partial charge in [-0.2, -0.15) is 10.2 Å². The van der Waals surface area contributed by atoms with Gasteiger partial charge in [0.25, 0.3) is 0 Å². The normalized spacial score (nSPS) is 10.1. The third kappa shape index (κ3) is 2.30. The Labute approximate surface area is 105 Å². The van der Waals surface area contributed by atoms with Gasteiger partial charge in [-0.15, -0.1) is 0 Å². The van der Waals surface area contributed by atoms with Crippen LogP contribution in [0.2, 0.25) is 0 Å². The fourth-order valence-corrected chi connectivity index (χ4v) is 1.90. The maximum Gasteiger partial charge on any atom is 0.348 e.